The maximum absolute atomic E-state index is 12.1. The van der Waals surface area contributed by atoms with Crippen LogP contribution in [0.25, 0.3) is 0 Å². The Morgan fingerprint density at radius 3 is 2.75 bits per heavy atom. The summed E-state index contributed by atoms with van der Waals surface area (Å²) in [6, 6.07) is 5.03. The molecular formula is C15H19NO4. The third-order valence-electron chi connectivity index (χ3n) is 3.08. The molecule has 5 nitrogen and oxygen atoms in total. The van der Waals surface area contributed by atoms with Gasteiger partial charge in [0.1, 0.15) is 24.2 Å². The molecule has 0 aliphatic carbocycles. The van der Waals surface area contributed by atoms with Crippen LogP contribution in [-0.2, 0) is 4.74 Å². The van der Waals surface area contributed by atoms with Crippen LogP contribution in [0.15, 0.2) is 18.2 Å². The molecule has 0 unspecified atom stereocenters. The van der Waals surface area contributed by atoms with Crippen molar-refractivity contribution in [3.8, 4) is 5.75 Å². The van der Waals surface area contributed by atoms with Gasteiger partial charge < -0.3 is 14.4 Å². The highest BCUT2D eigenvalue weighted by molar-refractivity contribution is 5.76. The van der Waals surface area contributed by atoms with Crippen molar-refractivity contribution in [2.24, 2.45) is 0 Å². The average Bonchev–Trinajstić information content (AvgIpc) is 2.78. The van der Waals surface area contributed by atoms with Gasteiger partial charge in [0, 0.05) is 18.2 Å². The first-order chi connectivity index (χ1) is 9.31. The molecule has 0 N–H and O–H groups in total. The van der Waals surface area contributed by atoms with Crippen LogP contribution in [0, 0.1) is 0 Å². The van der Waals surface area contributed by atoms with E-state index in [1.54, 1.807) is 19.2 Å². The molecule has 0 aromatic heterocycles. The molecule has 1 heterocycles. The highest BCUT2D eigenvalue weighted by Gasteiger charge is 2.32. The number of ether oxygens (including phenoxy) is 2. The number of nitrogens with zero attached hydrogens (tertiary/aromatic N) is 1. The number of carbonyl (C=O) groups excluding carboxylic acids is 2. The van der Waals surface area contributed by atoms with Crippen LogP contribution < -0.4 is 4.74 Å². The van der Waals surface area contributed by atoms with Crippen molar-refractivity contribution in [3.63, 3.8) is 0 Å². The maximum Gasteiger partial charge on any atom is 0.410 e. The minimum atomic E-state index is -0.533. The van der Waals surface area contributed by atoms with Gasteiger partial charge in [0.2, 0.25) is 0 Å². The molecule has 1 aromatic rings. The second kappa shape index (κ2) is 5.15. The third kappa shape index (κ3) is 2.92. The Morgan fingerprint density at radius 2 is 2.15 bits per heavy atom. The van der Waals surface area contributed by atoms with E-state index in [1.807, 2.05) is 26.8 Å². The van der Waals surface area contributed by atoms with Crippen molar-refractivity contribution < 1.29 is 19.1 Å². The van der Waals surface area contributed by atoms with E-state index in [9.17, 15) is 9.59 Å². The zero-order valence-corrected chi connectivity index (χ0v) is 12.2. The fourth-order valence-corrected chi connectivity index (χ4v) is 2.06. The number of likely N-dealkylation sites (N-methyl/N-ethyl adjacent to an activating group) is 1. The van der Waals surface area contributed by atoms with Gasteiger partial charge in [-0.25, -0.2) is 4.79 Å². The van der Waals surface area contributed by atoms with Gasteiger partial charge >= 0.3 is 6.09 Å². The van der Waals surface area contributed by atoms with Crippen molar-refractivity contribution in [1.82, 2.24) is 4.90 Å². The van der Waals surface area contributed by atoms with E-state index in [-0.39, 0.29) is 6.04 Å². The van der Waals surface area contributed by atoms with Crippen LogP contribution in [0.2, 0.25) is 0 Å². The zero-order valence-electron chi connectivity index (χ0n) is 12.2. The monoisotopic (exact) mass is 277 g/mol. The first-order valence-corrected chi connectivity index (χ1v) is 6.49. The van der Waals surface area contributed by atoms with Gasteiger partial charge in [0.05, 0.1) is 6.04 Å². The number of hydrogen-bond acceptors (Lipinski definition) is 4. The molecule has 1 aromatic carbocycles. The molecule has 1 amide bonds. The summed E-state index contributed by atoms with van der Waals surface area (Å²) in [5.41, 5.74) is 0.919. The molecule has 1 atom stereocenters. The Hall–Kier alpha value is -2.04. The van der Waals surface area contributed by atoms with Gasteiger partial charge in [-0.05, 0) is 26.8 Å². The van der Waals surface area contributed by atoms with E-state index in [0.29, 0.717) is 17.9 Å². The lowest BCUT2D eigenvalue weighted by atomic mass is 10.1. The highest BCUT2D eigenvalue weighted by atomic mass is 16.6. The van der Waals surface area contributed by atoms with E-state index in [4.69, 9.17) is 9.47 Å². The van der Waals surface area contributed by atoms with Crippen molar-refractivity contribution in [2.75, 3.05) is 13.7 Å². The Kier molecular flexibility index (Phi) is 3.70. The molecular weight excluding hydrogens is 258 g/mol. The molecule has 0 saturated carbocycles. The van der Waals surface area contributed by atoms with E-state index in [1.165, 1.54) is 4.90 Å². The van der Waals surface area contributed by atoms with Crippen molar-refractivity contribution in [3.05, 3.63) is 29.3 Å². The summed E-state index contributed by atoms with van der Waals surface area (Å²) < 4.78 is 10.9. The molecule has 1 aliphatic rings. The number of amides is 1. The second-order valence-electron chi connectivity index (χ2n) is 5.83. The molecule has 2 rings (SSSR count). The first kappa shape index (κ1) is 14.4. The normalized spacial score (nSPS) is 17.1. The lowest BCUT2D eigenvalue weighted by Gasteiger charge is -2.28. The average molecular weight is 277 g/mol. The van der Waals surface area contributed by atoms with Crippen molar-refractivity contribution in [1.29, 1.82) is 0 Å². The zero-order chi connectivity index (χ0) is 14.9. The number of benzene rings is 1. The van der Waals surface area contributed by atoms with Crippen molar-refractivity contribution in [2.45, 2.75) is 32.4 Å². The summed E-state index contributed by atoms with van der Waals surface area (Å²) in [6.45, 7) is 5.85. The molecule has 0 saturated heterocycles. The number of fused-ring (bicyclic) bond motifs is 1. The van der Waals surface area contributed by atoms with Crippen LogP contribution in [0.3, 0.4) is 0 Å². The number of carbonyl (C=O) groups is 2. The lowest BCUT2D eigenvalue weighted by Crippen LogP contribution is -2.37. The lowest BCUT2D eigenvalue weighted by molar-refractivity contribution is 0.0201. The fraction of sp³-hybridized carbons (Fsp3) is 0.467. The molecule has 0 fully saturated rings. The molecule has 0 radical (unpaired) electrons. The largest absolute Gasteiger partial charge is 0.491 e. The molecule has 1 aliphatic heterocycles. The Bertz CT molecular complexity index is 533. The van der Waals surface area contributed by atoms with E-state index in [0.717, 1.165) is 11.8 Å². The van der Waals surface area contributed by atoms with Crippen LogP contribution in [0.1, 0.15) is 42.7 Å². The summed E-state index contributed by atoms with van der Waals surface area (Å²) in [7, 11) is 1.69. The van der Waals surface area contributed by atoms with Gasteiger partial charge in [0.25, 0.3) is 0 Å². The molecule has 0 spiro atoms. The quantitative estimate of drug-likeness (QED) is 0.780. The Balaban J connectivity index is 2.17. The van der Waals surface area contributed by atoms with Gasteiger partial charge in [-0.3, -0.25) is 4.79 Å². The number of rotatable bonds is 2. The van der Waals surface area contributed by atoms with Crippen LogP contribution in [0.5, 0.6) is 5.75 Å². The predicted molar refractivity (Wildman–Crippen MR) is 74.1 cm³/mol. The molecule has 108 valence electrons. The maximum atomic E-state index is 12.1. The van der Waals surface area contributed by atoms with Crippen LogP contribution >= 0.6 is 0 Å². The summed E-state index contributed by atoms with van der Waals surface area (Å²) in [4.78, 5) is 24.3. The Labute approximate surface area is 118 Å². The van der Waals surface area contributed by atoms with Crippen LogP contribution in [-0.4, -0.2) is 36.5 Å². The Morgan fingerprint density at radius 1 is 1.45 bits per heavy atom. The summed E-state index contributed by atoms with van der Waals surface area (Å²) in [6.07, 6.45) is 0.382. The standard InChI is InChI=1S/C15H19NO4/c1-15(2,3)20-14(18)16(4)12-9-19-13-7-10(8-17)5-6-11(12)13/h5-8,12H,9H2,1-4H3/t12-/m1/s1. The highest BCUT2D eigenvalue weighted by Crippen LogP contribution is 2.36. The smallest absolute Gasteiger partial charge is 0.410 e. The number of hydrogen-bond donors (Lipinski definition) is 0. The van der Waals surface area contributed by atoms with E-state index in [2.05, 4.69) is 0 Å². The van der Waals surface area contributed by atoms with Gasteiger partial charge in [-0.1, -0.05) is 12.1 Å². The second-order valence-corrected chi connectivity index (χ2v) is 5.83. The van der Waals surface area contributed by atoms with Gasteiger partial charge in [-0.15, -0.1) is 0 Å². The predicted octanol–water partition coefficient (Wildman–Crippen LogP) is 2.80. The van der Waals surface area contributed by atoms with Crippen molar-refractivity contribution >= 4 is 12.4 Å². The topological polar surface area (TPSA) is 55.8 Å². The minimum Gasteiger partial charge on any atom is -0.491 e. The fourth-order valence-electron chi connectivity index (χ4n) is 2.06. The first-order valence-electron chi connectivity index (χ1n) is 6.49. The SMILES string of the molecule is CN(C(=O)OC(C)(C)C)[C@@H]1COc2cc(C=O)ccc21. The minimum absolute atomic E-state index is 0.194. The molecule has 20 heavy (non-hydrogen) atoms. The molecule has 0 bridgehead atoms. The van der Waals surface area contributed by atoms with Crippen LogP contribution in [0.4, 0.5) is 4.79 Å². The summed E-state index contributed by atoms with van der Waals surface area (Å²) in [5, 5.41) is 0. The number of aldehydes is 1. The summed E-state index contributed by atoms with van der Waals surface area (Å²) >= 11 is 0. The summed E-state index contributed by atoms with van der Waals surface area (Å²) in [5.74, 6) is 0.648. The van der Waals surface area contributed by atoms with Gasteiger partial charge in [-0.2, -0.15) is 0 Å². The van der Waals surface area contributed by atoms with E-state index >= 15 is 0 Å². The van der Waals surface area contributed by atoms with E-state index < -0.39 is 11.7 Å². The van der Waals surface area contributed by atoms with Gasteiger partial charge in [0.15, 0.2) is 0 Å². The third-order valence-corrected chi connectivity index (χ3v) is 3.08. The molecule has 5 heteroatoms.